The smallest absolute Gasteiger partial charge is 0.376 e. The molecule has 0 saturated heterocycles. The molecule has 0 radical (unpaired) electrons. The van der Waals surface area contributed by atoms with Gasteiger partial charge >= 0.3 is 5.88 Å². The van der Waals surface area contributed by atoms with Gasteiger partial charge in [0.2, 0.25) is 0 Å². The molecule has 0 aliphatic carbocycles. The monoisotopic (exact) mass is 222 g/mol. The topological polar surface area (TPSA) is 89.4 Å². The Bertz CT molecular complexity index is 489. The average Bonchev–Trinajstić information content (AvgIpc) is 2.28. The van der Waals surface area contributed by atoms with Gasteiger partial charge in [-0.05, 0) is 12.1 Å². The van der Waals surface area contributed by atoms with E-state index in [1.54, 1.807) is 24.3 Å². The molecule has 6 heteroatoms. The van der Waals surface area contributed by atoms with Gasteiger partial charge in [-0.15, -0.1) is 4.73 Å². The predicted octanol–water partition coefficient (Wildman–Crippen LogP) is 0.111. The number of nitrogens with zero attached hydrogens (tertiary/aromatic N) is 2. The minimum absolute atomic E-state index is 0.271. The molecule has 0 unspecified atom stereocenters. The van der Waals surface area contributed by atoms with Crippen LogP contribution < -0.4 is 10.3 Å². The van der Waals surface area contributed by atoms with Crippen molar-refractivity contribution in [1.29, 1.82) is 0 Å². The van der Waals surface area contributed by atoms with Crippen LogP contribution >= 0.6 is 0 Å². The summed E-state index contributed by atoms with van der Waals surface area (Å²) in [5.41, 5.74) is -0.410. The van der Waals surface area contributed by atoms with E-state index in [9.17, 15) is 10.0 Å². The minimum atomic E-state index is -0.410. The second kappa shape index (κ2) is 5.40. The number of hydrogen-bond donors (Lipinski definition) is 2. The van der Waals surface area contributed by atoms with E-state index >= 15 is 0 Å². The molecule has 0 aromatic carbocycles. The molecule has 0 bridgehead atoms. The summed E-state index contributed by atoms with van der Waals surface area (Å²) in [4.78, 5) is 10.3. The molecule has 0 atom stereocenters. The highest BCUT2D eigenvalue weighted by molar-refractivity contribution is 4.99. The quantitative estimate of drug-likeness (QED) is 0.376. The van der Waals surface area contributed by atoms with Crippen molar-refractivity contribution in [3.8, 4) is 5.88 Å². The maximum atomic E-state index is 10.3. The Balaban J connectivity index is 0.000000160. The van der Waals surface area contributed by atoms with Gasteiger partial charge in [-0.25, -0.2) is 0 Å². The van der Waals surface area contributed by atoms with Crippen LogP contribution in [0, 0.1) is 5.21 Å². The molecule has 2 heterocycles. The van der Waals surface area contributed by atoms with E-state index in [4.69, 9.17) is 10.3 Å². The highest BCUT2D eigenvalue weighted by Gasteiger charge is 1.93. The fraction of sp³-hybridized carbons (Fsp3) is 0. The zero-order valence-corrected chi connectivity index (χ0v) is 8.22. The van der Waals surface area contributed by atoms with Crippen LogP contribution in [0.1, 0.15) is 0 Å². The zero-order chi connectivity index (χ0) is 12.0. The number of aromatic nitrogens is 2. The Morgan fingerprint density at radius 2 is 1.88 bits per heavy atom. The van der Waals surface area contributed by atoms with Crippen LogP contribution in [0.15, 0.2) is 53.6 Å². The first-order valence-electron chi connectivity index (χ1n) is 4.35. The molecule has 2 N–H and O–H groups in total. The number of rotatable bonds is 0. The molecule has 2 aromatic rings. The molecular weight excluding hydrogens is 212 g/mol. The van der Waals surface area contributed by atoms with Gasteiger partial charge in [-0.1, -0.05) is 6.07 Å². The van der Waals surface area contributed by atoms with Crippen molar-refractivity contribution in [3.63, 3.8) is 0 Å². The summed E-state index contributed by atoms with van der Waals surface area (Å²) in [5.74, 6) is -0.271. The largest absolute Gasteiger partial charge is 0.616 e. The van der Waals surface area contributed by atoms with Crippen LogP contribution in [-0.4, -0.2) is 15.0 Å². The number of aromatic hydroxyl groups is 1. The first-order chi connectivity index (χ1) is 7.61. The van der Waals surface area contributed by atoms with Gasteiger partial charge in [0.05, 0.1) is 6.07 Å². The molecule has 0 fully saturated rings. The van der Waals surface area contributed by atoms with Crippen LogP contribution in [0.25, 0.3) is 0 Å². The summed E-state index contributed by atoms with van der Waals surface area (Å²) in [7, 11) is 0. The molecule has 2 rings (SSSR count). The standard InChI is InChI=1S/2C5H5NO2/c2*7-5-3-1-2-4-6(5)8/h1-4,8H;1-4,7H. The van der Waals surface area contributed by atoms with Gasteiger partial charge in [0.15, 0.2) is 6.20 Å². The summed E-state index contributed by atoms with van der Waals surface area (Å²) in [6, 6.07) is 8.87. The van der Waals surface area contributed by atoms with Crippen LogP contribution in [0.2, 0.25) is 0 Å². The maximum Gasteiger partial charge on any atom is 0.376 e. The fourth-order valence-electron chi connectivity index (χ4n) is 0.838. The Kier molecular flexibility index (Phi) is 3.90. The van der Waals surface area contributed by atoms with Crippen LogP contribution in [0.5, 0.6) is 5.88 Å². The molecule has 0 aliphatic rings. The lowest BCUT2D eigenvalue weighted by Gasteiger charge is -1.93. The van der Waals surface area contributed by atoms with Crippen molar-refractivity contribution in [1.82, 2.24) is 4.73 Å². The van der Waals surface area contributed by atoms with Crippen molar-refractivity contribution >= 4 is 0 Å². The van der Waals surface area contributed by atoms with E-state index < -0.39 is 5.56 Å². The average molecular weight is 222 g/mol. The second-order valence-corrected chi connectivity index (χ2v) is 2.77. The van der Waals surface area contributed by atoms with Gasteiger partial charge in [-0.3, -0.25) is 4.79 Å². The van der Waals surface area contributed by atoms with Crippen molar-refractivity contribution in [3.05, 3.63) is 64.4 Å². The maximum absolute atomic E-state index is 10.3. The first-order valence-corrected chi connectivity index (χ1v) is 4.35. The summed E-state index contributed by atoms with van der Waals surface area (Å²) in [6.45, 7) is 0. The lowest BCUT2D eigenvalue weighted by molar-refractivity contribution is -0.613. The molecule has 0 spiro atoms. The van der Waals surface area contributed by atoms with E-state index in [0.29, 0.717) is 9.46 Å². The van der Waals surface area contributed by atoms with Crippen LogP contribution in [0.3, 0.4) is 0 Å². The number of pyridine rings is 2. The molecule has 2 aromatic heterocycles. The summed E-state index contributed by atoms with van der Waals surface area (Å²) >= 11 is 0. The third kappa shape index (κ3) is 3.33. The normalized spacial score (nSPS) is 9.00. The van der Waals surface area contributed by atoms with Gasteiger partial charge in [-0.2, -0.15) is 4.73 Å². The van der Waals surface area contributed by atoms with Gasteiger partial charge in [0, 0.05) is 18.3 Å². The first kappa shape index (κ1) is 11.6. The van der Waals surface area contributed by atoms with Crippen LogP contribution in [-0.2, 0) is 0 Å². The SMILES string of the molecule is O=c1ccccn1O.[O-][n+]1ccccc1O. The highest BCUT2D eigenvalue weighted by atomic mass is 16.5. The number of hydrogen-bond acceptors (Lipinski definition) is 4. The third-order valence-corrected chi connectivity index (χ3v) is 1.61. The second-order valence-electron chi connectivity index (χ2n) is 2.77. The molecule has 0 amide bonds. The van der Waals surface area contributed by atoms with Crippen molar-refractivity contribution in [2.75, 3.05) is 0 Å². The molecular formula is C10H10N2O4. The predicted molar refractivity (Wildman–Crippen MR) is 55.0 cm³/mol. The molecule has 6 nitrogen and oxygen atoms in total. The Morgan fingerprint density at radius 1 is 1.19 bits per heavy atom. The van der Waals surface area contributed by atoms with Crippen molar-refractivity contribution in [2.24, 2.45) is 0 Å². The Hall–Kier alpha value is -2.50. The Labute approximate surface area is 90.8 Å². The fourth-order valence-corrected chi connectivity index (χ4v) is 0.838. The minimum Gasteiger partial charge on any atom is -0.616 e. The van der Waals surface area contributed by atoms with Gasteiger partial charge in [0.1, 0.15) is 0 Å². The van der Waals surface area contributed by atoms with Crippen molar-refractivity contribution in [2.45, 2.75) is 0 Å². The zero-order valence-electron chi connectivity index (χ0n) is 8.22. The van der Waals surface area contributed by atoms with Gasteiger partial charge < -0.3 is 15.5 Å². The summed E-state index contributed by atoms with van der Waals surface area (Å²) < 4.78 is 0.917. The van der Waals surface area contributed by atoms with Crippen molar-refractivity contribution < 1.29 is 15.0 Å². The van der Waals surface area contributed by atoms with Crippen LogP contribution in [0.4, 0.5) is 0 Å². The van der Waals surface area contributed by atoms with E-state index in [2.05, 4.69) is 0 Å². The van der Waals surface area contributed by atoms with E-state index in [0.717, 1.165) is 0 Å². The van der Waals surface area contributed by atoms with E-state index in [1.807, 2.05) is 0 Å². The molecule has 0 saturated carbocycles. The summed E-state index contributed by atoms with van der Waals surface area (Å²) in [6.07, 6.45) is 2.51. The summed E-state index contributed by atoms with van der Waals surface area (Å²) in [5, 5.41) is 27.4. The highest BCUT2D eigenvalue weighted by Crippen LogP contribution is 1.94. The van der Waals surface area contributed by atoms with E-state index in [1.165, 1.54) is 24.5 Å². The third-order valence-electron chi connectivity index (χ3n) is 1.61. The molecule has 84 valence electrons. The molecule has 16 heavy (non-hydrogen) atoms. The molecule has 0 aliphatic heterocycles. The lowest BCUT2D eigenvalue weighted by Crippen LogP contribution is -2.24. The van der Waals surface area contributed by atoms with E-state index in [-0.39, 0.29) is 5.88 Å². The lowest BCUT2D eigenvalue weighted by atomic mass is 10.5. The van der Waals surface area contributed by atoms with Gasteiger partial charge in [0.25, 0.3) is 5.56 Å². The Morgan fingerprint density at radius 3 is 2.25 bits per heavy atom.